The molecule has 22 heavy (non-hydrogen) atoms. The van der Waals surface area contributed by atoms with E-state index in [4.69, 9.17) is 0 Å². The Bertz CT molecular complexity index is 724. The third-order valence-corrected chi connectivity index (χ3v) is 3.43. The third kappa shape index (κ3) is 2.83. The van der Waals surface area contributed by atoms with Crippen molar-refractivity contribution in [3.63, 3.8) is 0 Å². The molecule has 2 amide bonds. The van der Waals surface area contributed by atoms with Crippen molar-refractivity contribution in [3.05, 3.63) is 41.8 Å². The van der Waals surface area contributed by atoms with Gasteiger partial charge < -0.3 is 5.32 Å². The predicted octanol–water partition coefficient (Wildman–Crippen LogP) is 1.71. The third-order valence-electron chi connectivity index (χ3n) is 3.43. The first-order chi connectivity index (χ1) is 10.5. The van der Waals surface area contributed by atoms with Gasteiger partial charge in [-0.15, -0.1) is 0 Å². The van der Waals surface area contributed by atoms with Crippen LogP contribution in [0.1, 0.15) is 12.1 Å². The first-order valence-corrected chi connectivity index (χ1v) is 6.93. The van der Waals surface area contributed by atoms with E-state index in [1.807, 2.05) is 6.92 Å². The molecule has 1 aliphatic rings. The number of aryl methyl sites for hydroxylation is 2. The van der Waals surface area contributed by atoms with E-state index in [9.17, 15) is 14.0 Å². The highest BCUT2D eigenvalue weighted by atomic mass is 19.1. The Morgan fingerprint density at radius 3 is 2.82 bits per heavy atom. The Labute approximate surface area is 126 Å². The van der Waals surface area contributed by atoms with E-state index in [1.165, 1.54) is 29.2 Å². The maximum atomic E-state index is 12.8. The molecule has 0 radical (unpaired) electrons. The number of hydrogen-bond acceptors (Lipinski definition) is 3. The van der Waals surface area contributed by atoms with Gasteiger partial charge in [0.25, 0.3) is 0 Å². The minimum Gasteiger partial charge on any atom is -0.325 e. The molecule has 0 aliphatic carbocycles. The predicted molar refractivity (Wildman–Crippen MR) is 79.0 cm³/mol. The van der Waals surface area contributed by atoms with Gasteiger partial charge >= 0.3 is 0 Å². The van der Waals surface area contributed by atoms with Gasteiger partial charge in [-0.3, -0.25) is 14.5 Å². The lowest BCUT2D eigenvalue weighted by atomic mass is 10.2. The summed E-state index contributed by atoms with van der Waals surface area (Å²) in [5.74, 6) is -0.194. The first kappa shape index (κ1) is 14.2. The van der Waals surface area contributed by atoms with E-state index < -0.39 is 0 Å². The average molecular weight is 302 g/mol. The van der Waals surface area contributed by atoms with E-state index in [0.717, 1.165) is 5.69 Å². The van der Waals surface area contributed by atoms with E-state index in [0.29, 0.717) is 24.5 Å². The van der Waals surface area contributed by atoms with Crippen LogP contribution in [-0.4, -0.2) is 28.1 Å². The number of fused-ring (bicyclic) bond motifs is 1. The second-order valence-electron chi connectivity index (χ2n) is 5.15. The molecule has 3 rings (SSSR count). The molecule has 0 bridgehead atoms. The Hall–Kier alpha value is -2.70. The van der Waals surface area contributed by atoms with Gasteiger partial charge in [0.05, 0.1) is 12.2 Å². The summed E-state index contributed by atoms with van der Waals surface area (Å²) in [6.45, 7) is 2.27. The molecular weight excluding hydrogens is 287 g/mol. The van der Waals surface area contributed by atoms with Gasteiger partial charge in [0.1, 0.15) is 18.2 Å². The molecular formula is C15H15FN4O2. The van der Waals surface area contributed by atoms with Gasteiger partial charge in [0, 0.05) is 18.2 Å². The molecule has 1 N–H and O–H groups in total. The van der Waals surface area contributed by atoms with E-state index in [2.05, 4.69) is 10.4 Å². The van der Waals surface area contributed by atoms with Crippen molar-refractivity contribution >= 4 is 23.3 Å². The highest BCUT2D eigenvalue weighted by Crippen LogP contribution is 2.22. The van der Waals surface area contributed by atoms with Gasteiger partial charge in [0.15, 0.2) is 0 Å². The van der Waals surface area contributed by atoms with Crippen LogP contribution in [0.2, 0.25) is 0 Å². The van der Waals surface area contributed by atoms with Crippen LogP contribution in [0.25, 0.3) is 0 Å². The first-order valence-electron chi connectivity index (χ1n) is 6.93. The summed E-state index contributed by atoms with van der Waals surface area (Å²) in [5, 5.41) is 6.93. The van der Waals surface area contributed by atoms with Gasteiger partial charge in [-0.05, 0) is 31.2 Å². The van der Waals surface area contributed by atoms with Crippen LogP contribution in [0.5, 0.6) is 0 Å². The average Bonchev–Trinajstić information content (AvgIpc) is 2.85. The number of halogens is 1. The lowest BCUT2D eigenvalue weighted by Gasteiger charge is -2.26. The lowest BCUT2D eigenvalue weighted by molar-refractivity contribution is -0.122. The van der Waals surface area contributed by atoms with Crippen molar-refractivity contribution < 1.29 is 14.0 Å². The van der Waals surface area contributed by atoms with E-state index in [1.54, 1.807) is 10.7 Å². The van der Waals surface area contributed by atoms with Gasteiger partial charge in [-0.25, -0.2) is 9.07 Å². The number of benzene rings is 1. The van der Waals surface area contributed by atoms with Crippen LogP contribution in [0, 0.1) is 12.7 Å². The summed E-state index contributed by atoms with van der Waals surface area (Å²) in [5.41, 5.74) is 1.29. The zero-order valence-electron chi connectivity index (χ0n) is 12.0. The van der Waals surface area contributed by atoms with Crippen molar-refractivity contribution in [2.24, 2.45) is 0 Å². The normalized spacial score (nSPS) is 13.9. The molecule has 1 aromatic heterocycles. The van der Waals surface area contributed by atoms with Crippen molar-refractivity contribution in [2.45, 2.75) is 19.9 Å². The molecule has 0 saturated carbocycles. The summed E-state index contributed by atoms with van der Waals surface area (Å²) in [6.07, 6.45) is 0.317. The van der Waals surface area contributed by atoms with Gasteiger partial charge in [-0.1, -0.05) is 0 Å². The molecule has 0 fully saturated rings. The minimum absolute atomic E-state index is 0.0959. The Balaban J connectivity index is 1.73. The number of carbonyl (C=O) groups is 2. The highest BCUT2D eigenvalue weighted by Gasteiger charge is 2.27. The van der Waals surface area contributed by atoms with Gasteiger partial charge in [-0.2, -0.15) is 5.10 Å². The molecule has 2 aromatic rings. The monoisotopic (exact) mass is 302 g/mol. The fourth-order valence-electron chi connectivity index (χ4n) is 2.42. The number of carbonyl (C=O) groups excluding carboxylic acids is 2. The van der Waals surface area contributed by atoms with Crippen LogP contribution in [0.3, 0.4) is 0 Å². The fraction of sp³-hybridized carbons (Fsp3) is 0.267. The second-order valence-corrected chi connectivity index (χ2v) is 5.15. The topological polar surface area (TPSA) is 67.2 Å². The molecule has 0 saturated heterocycles. The second kappa shape index (κ2) is 5.59. The number of anilines is 2. The van der Waals surface area contributed by atoms with Crippen molar-refractivity contribution in [1.82, 2.24) is 9.78 Å². The van der Waals surface area contributed by atoms with Crippen LogP contribution in [0.15, 0.2) is 30.3 Å². The smallest absolute Gasteiger partial charge is 0.244 e. The molecule has 114 valence electrons. The molecule has 0 spiro atoms. The fourth-order valence-corrected chi connectivity index (χ4v) is 2.42. The zero-order chi connectivity index (χ0) is 15.7. The molecule has 6 nitrogen and oxygen atoms in total. The number of rotatable bonds is 3. The molecule has 0 atom stereocenters. The summed E-state index contributed by atoms with van der Waals surface area (Å²) >= 11 is 0. The Morgan fingerprint density at radius 2 is 2.09 bits per heavy atom. The van der Waals surface area contributed by atoms with Crippen LogP contribution in [-0.2, 0) is 16.1 Å². The number of aromatic nitrogens is 2. The SMILES string of the molecule is Cc1cc2n(n1)CCC(=O)N2CC(=O)Nc1ccc(F)cc1. The Morgan fingerprint density at radius 1 is 1.36 bits per heavy atom. The summed E-state index contributed by atoms with van der Waals surface area (Å²) < 4.78 is 14.6. The molecule has 1 aromatic carbocycles. The number of nitrogens with one attached hydrogen (secondary N) is 1. The summed E-state index contributed by atoms with van der Waals surface area (Å²) in [6, 6.07) is 7.25. The maximum Gasteiger partial charge on any atom is 0.244 e. The maximum absolute atomic E-state index is 12.8. The number of amides is 2. The van der Waals surface area contributed by atoms with Crippen molar-refractivity contribution in [3.8, 4) is 0 Å². The van der Waals surface area contributed by atoms with E-state index >= 15 is 0 Å². The van der Waals surface area contributed by atoms with Gasteiger partial charge in [0.2, 0.25) is 11.8 Å². The molecule has 2 heterocycles. The molecule has 1 aliphatic heterocycles. The number of nitrogens with zero attached hydrogens (tertiary/aromatic N) is 3. The number of hydrogen-bond donors (Lipinski definition) is 1. The molecule has 0 unspecified atom stereocenters. The quantitative estimate of drug-likeness (QED) is 0.938. The highest BCUT2D eigenvalue weighted by molar-refractivity contribution is 6.02. The lowest BCUT2D eigenvalue weighted by Crippen LogP contribution is -2.42. The van der Waals surface area contributed by atoms with Crippen molar-refractivity contribution in [2.75, 3.05) is 16.8 Å². The van der Waals surface area contributed by atoms with Crippen molar-refractivity contribution in [1.29, 1.82) is 0 Å². The van der Waals surface area contributed by atoms with E-state index in [-0.39, 0.29) is 24.2 Å². The standard InChI is InChI=1S/C15H15FN4O2/c1-10-8-14-19(15(22)6-7-20(14)18-10)9-13(21)17-12-4-2-11(16)3-5-12/h2-5,8H,6-7,9H2,1H3,(H,17,21). The van der Waals surface area contributed by atoms with Crippen LogP contribution >= 0.6 is 0 Å². The summed E-state index contributed by atoms with van der Waals surface area (Å²) in [4.78, 5) is 25.6. The van der Waals surface area contributed by atoms with Crippen LogP contribution in [0.4, 0.5) is 15.9 Å². The largest absolute Gasteiger partial charge is 0.325 e. The zero-order valence-corrected chi connectivity index (χ0v) is 12.0. The molecule has 7 heteroatoms. The minimum atomic E-state index is -0.372. The summed E-state index contributed by atoms with van der Waals surface area (Å²) in [7, 11) is 0. The Kier molecular flexibility index (Phi) is 3.62. The van der Waals surface area contributed by atoms with Crippen LogP contribution < -0.4 is 10.2 Å².